The maximum atomic E-state index is 5.68. The Morgan fingerprint density at radius 2 is 1.70 bits per heavy atom. The number of hydrogen-bond acceptors (Lipinski definition) is 2. The van der Waals surface area contributed by atoms with Crippen LogP contribution in [0.2, 0.25) is 0 Å². The Kier molecular flexibility index (Phi) is 11.0. The van der Waals surface area contributed by atoms with E-state index in [2.05, 4.69) is 19.1 Å². The second-order valence-corrected chi connectivity index (χ2v) is 5.97. The molecular formula is C18H34O2. The van der Waals surface area contributed by atoms with Gasteiger partial charge < -0.3 is 9.47 Å². The zero-order valence-corrected chi connectivity index (χ0v) is 13.6. The van der Waals surface area contributed by atoms with Gasteiger partial charge in [-0.2, -0.15) is 0 Å². The number of epoxide rings is 1. The minimum Gasteiger partial charge on any atom is -0.385 e. The lowest BCUT2D eigenvalue weighted by molar-refractivity contribution is 0.192. The van der Waals surface area contributed by atoms with Gasteiger partial charge in [0.2, 0.25) is 0 Å². The van der Waals surface area contributed by atoms with Crippen LogP contribution in [0.5, 0.6) is 0 Å². The molecule has 1 aliphatic rings. The molecule has 2 unspecified atom stereocenters. The Morgan fingerprint density at radius 3 is 2.50 bits per heavy atom. The first kappa shape index (κ1) is 17.7. The minimum atomic E-state index is 0.539. The fourth-order valence-corrected chi connectivity index (χ4v) is 2.62. The van der Waals surface area contributed by atoms with E-state index < -0.39 is 0 Å². The van der Waals surface area contributed by atoms with Crippen LogP contribution in [0.25, 0.3) is 0 Å². The first-order valence-corrected chi connectivity index (χ1v) is 8.68. The molecule has 0 radical (unpaired) electrons. The molecule has 118 valence electrons. The lowest BCUT2D eigenvalue weighted by Gasteiger charge is -1.99. The molecule has 1 fully saturated rings. The third-order valence-corrected chi connectivity index (χ3v) is 4.03. The molecule has 20 heavy (non-hydrogen) atoms. The van der Waals surface area contributed by atoms with Crippen LogP contribution in [0.15, 0.2) is 12.2 Å². The third kappa shape index (κ3) is 9.55. The molecule has 1 rings (SSSR count). The first-order chi connectivity index (χ1) is 9.88. The van der Waals surface area contributed by atoms with Crippen molar-refractivity contribution in [3.05, 3.63) is 12.2 Å². The number of allylic oxidation sites excluding steroid dienone is 1. The first-order valence-electron chi connectivity index (χ1n) is 8.68. The average molecular weight is 282 g/mol. The van der Waals surface area contributed by atoms with Crippen LogP contribution in [0.4, 0.5) is 0 Å². The van der Waals surface area contributed by atoms with Crippen molar-refractivity contribution in [2.75, 3.05) is 13.7 Å². The van der Waals surface area contributed by atoms with E-state index in [9.17, 15) is 0 Å². The Morgan fingerprint density at radius 1 is 0.900 bits per heavy atom. The van der Waals surface area contributed by atoms with Crippen molar-refractivity contribution in [2.24, 2.45) is 0 Å². The topological polar surface area (TPSA) is 21.8 Å². The highest BCUT2D eigenvalue weighted by molar-refractivity contribution is 4.93. The van der Waals surface area contributed by atoms with Gasteiger partial charge in [-0.15, -0.1) is 0 Å². The van der Waals surface area contributed by atoms with Crippen molar-refractivity contribution in [3.8, 4) is 0 Å². The van der Waals surface area contributed by atoms with E-state index in [0.29, 0.717) is 12.2 Å². The lowest BCUT2D eigenvalue weighted by Crippen LogP contribution is -1.92. The molecule has 1 heterocycles. The smallest absolute Gasteiger partial charge is 0.0876 e. The van der Waals surface area contributed by atoms with Gasteiger partial charge >= 0.3 is 0 Å². The Bertz CT molecular complexity index is 238. The molecule has 0 N–H and O–H groups in total. The molecule has 0 spiro atoms. The summed E-state index contributed by atoms with van der Waals surface area (Å²) in [5, 5.41) is 0. The number of methoxy groups -OCH3 is 1. The minimum absolute atomic E-state index is 0.539. The quantitative estimate of drug-likeness (QED) is 0.246. The van der Waals surface area contributed by atoms with Gasteiger partial charge in [0.05, 0.1) is 12.2 Å². The summed E-state index contributed by atoms with van der Waals surface area (Å²) in [6.07, 6.45) is 20.0. The van der Waals surface area contributed by atoms with Crippen LogP contribution in [0, 0.1) is 0 Å². The standard InChI is InChI=1S/C18H34O2/c1-3-4-11-14-17-18(20-17)15-12-9-7-5-6-8-10-13-16-19-2/h9,12,17-18H,3-8,10-11,13-16H2,1-2H3/b12-9-. The number of unbranched alkanes of at least 4 members (excludes halogenated alkanes) is 7. The maximum absolute atomic E-state index is 5.68. The highest BCUT2D eigenvalue weighted by Gasteiger charge is 2.36. The second kappa shape index (κ2) is 12.4. The van der Waals surface area contributed by atoms with Crippen molar-refractivity contribution < 1.29 is 9.47 Å². The van der Waals surface area contributed by atoms with Gasteiger partial charge in [-0.1, -0.05) is 57.6 Å². The number of hydrogen-bond donors (Lipinski definition) is 0. The van der Waals surface area contributed by atoms with Crippen molar-refractivity contribution in [2.45, 2.75) is 89.8 Å². The average Bonchev–Trinajstić information content (AvgIpc) is 3.20. The molecule has 0 bridgehead atoms. The van der Waals surface area contributed by atoms with Gasteiger partial charge in [0.15, 0.2) is 0 Å². The highest BCUT2D eigenvalue weighted by atomic mass is 16.6. The third-order valence-electron chi connectivity index (χ3n) is 4.03. The maximum Gasteiger partial charge on any atom is 0.0876 e. The van der Waals surface area contributed by atoms with Crippen LogP contribution in [-0.4, -0.2) is 25.9 Å². The predicted molar refractivity (Wildman–Crippen MR) is 86.1 cm³/mol. The van der Waals surface area contributed by atoms with E-state index in [4.69, 9.17) is 9.47 Å². The Labute approximate surface area is 125 Å². The molecule has 0 saturated carbocycles. The van der Waals surface area contributed by atoms with E-state index in [0.717, 1.165) is 13.0 Å². The summed E-state index contributed by atoms with van der Waals surface area (Å²) < 4.78 is 10.7. The summed E-state index contributed by atoms with van der Waals surface area (Å²) >= 11 is 0. The van der Waals surface area contributed by atoms with Crippen molar-refractivity contribution in [1.29, 1.82) is 0 Å². The van der Waals surface area contributed by atoms with E-state index in [-0.39, 0.29) is 0 Å². The summed E-state index contributed by atoms with van der Waals surface area (Å²) in [4.78, 5) is 0. The van der Waals surface area contributed by atoms with E-state index in [1.807, 2.05) is 0 Å². The normalized spacial score (nSPS) is 21.7. The molecule has 2 nitrogen and oxygen atoms in total. The molecule has 0 aromatic rings. The van der Waals surface area contributed by atoms with Crippen molar-refractivity contribution in [3.63, 3.8) is 0 Å². The van der Waals surface area contributed by atoms with Crippen LogP contribution in [0.3, 0.4) is 0 Å². The molecule has 0 aromatic carbocycles. The Balaban J connectivity index is 1.79. The summed E-state index contributed by atoms with van der Waals surface area (Å²) in [5.41, 5.74) is 0. The molecule has 0 aliphatic carbocycles. The fourth-order valence-electron chi connectivity index (χ4n) is 2.62. The van der Waals surface area contributed by atoms with E-state index in [1.165, 1.54) is 64.2 Å². The molecule has 0 amide bonds. The summed E-state index contributed by atoms with van der Waals surface area (Å²) in [5.74, 6) is 0. The zero-order valence-electron chi connectivity index (χ0n) is 13.6. The van der Waals surface area contributed by atoms with Gasteiger partial charge in [0.1, 0.15) is 0 Å². The summed E-state index contributed by atoms with van der Waals surface area (Å²) in [7, 11) is 1.78. The van der Waals surface area contributed by atoms with Gasteiger partial charge in [0, 0.05) is 13.7 Å². The number of ether oxygens (including phenoxy) is 2. The summed E-state index contributed by atoms with van der Waals surface area (Å²) in [6, 6.07) is 0. The molecule has 0 aromatic heterocycles. The molecule has 2 atom stereocenters. The van der Waals surface area contributed by atoms with Crippen LogP contribution >= 0.6 is 0 Å². The van der Waals surface area contributed by atoms with E-state index >= 15 is 0 Å². The highest BCUT2D eigenvalue weighted by Crippen LogP contribution is 2.30. The zero-order chi connectivity index (χ0) is 14.5. The monoisotopic (exact) mass is 282 g/mol. The molecule has 1 aliphatic heterocycles. The van der Waals surface area contributed by atoms with Crippen molar-refractivity contribution in [1.82, 2.24) is 0 Å². The van der Waals surface area contributed by atoms with Crippen molar-refractivity contribution >= 4 is 0 Å². The predicted octanol–water partition coefficient (Wildman–Crippen LogP) is 5.27. The van der Waals surface area contributed by atoms with Crippen LogP contribution in [-0.2, 0) is 9.47 Å². The second-order valence-electron chi connectivity index (χ2n) is 5.97. The summed E-state index contributed by atoms with van der Waals surface area (Å²) in [6.45, 7) is 3.17. The number of rotatable bonds is 14. The molecular weight excluding hydrogens is 248 g/mol. The van der Waals surface area contributed by atoms with Gasteiger partial charge in [-0.25, -0.2) is 0 Å². The van der Waals surface area contributed by atoms with Gasteiger partial charge in [-0.05, 0) is 32.1 Å². The molecule has 1 saturated heterocycles. The largest absolute Gasteiger partial charge is 0.385 e. The Hall–Kier alpha value is -0.340. The molecule has 2 heteroatoms. The van der Waals surface area contributed by atoms with Gasteiger partial charge in [0.25, 0.3) is 0 Å². The van der Waals surface area contributed by atoms with Gasteiger partial charge in [-0.3, -0.25) is 0 Å². The SMILES string of the molecule is CCCCCC1OC1C/C=C\CCCCCCCOC. The van der Waals surface area contributed by atoms with Crippen LogP contribution < -0.4 is 0 Å². The van der Waals surface area contributed by atoms with E-state index in [1.54, 1.807) is 7.11 Å². The van der Waals surface area contributed by atoms with Crippen LogP contribution in [0.1, 0.15) is 77.6 Å². The lowest BCUT2D eigenvalue weighted by atomic mass is 10.1. The fraction of sp³-hybridized carbons (Fsp3) is 0.889.